The fourth-order valence-corrected chi connectivity index (χ4v) is 2.96. The quantitative estimate of drug-likeness (QED) is 0.787. The highest BCUT2D eigenvalue weighted by atomic mass is 16.7. The molecule has 2 atom stereocenters. The first-order chi connectivity index (χ1) is 7.35. The number of primary amides is 1. The van der Waals surface area contributed by atoms with Crippen molar-refractivity contribution in [3.05, 3.63) is 0 Å². The molecule has 0 aromatic carbocycles. The first-order valence-electron chi connectivity index (χ1n) is 5.91. The number of carbonyl (C=O) groups excluding carboxylic acids is 1. The Morgan fingerprint density at radius 3 is 2.31 bits per heavy atom. The van der Waals surface area contributed by atoms with Gasteiger partial charge in [-0.05, 0) is 24.2 Å². The molecule has 92 valence electrons. The lowest BCUT2D eigenvalue weighted by Gasteiger charge is -2.22. The van der Waals surface area contributed by atoms with Crippen molar-refractivity contribution in [1.82, 2.24) is 0 Å². The van der Waals surface area contributed by atoms with Crippen LogP contribution in [0.4, 0.5) is 0 Å². The molecule has 2 N–H and O–H groups in total. The summed E-state index contributed by atoms with van der Waals surface area (Å²) in [5.74, 6) is 0.200. The maximum atomic E-state index is 11.0. The standard InChI is InChI=1S/C12H21NO3/c1-11(2)8(6-10(13)14)9(11)7-12(3)15-4-5-16-12/h8-9H,4-7H2,1-3H3,(H2,13,14)/t8-,9+/m1/s1. The van der Waals surface area contributed by atoms with Gasteiger partial charge in [0.05, 0.1) is 13.2 Å². The van der Waals surface area contributed by atoms with Crippen molar-refractivity contribution in [2.45, 2.75) is 39.4 Å². The Morgan fingerprint density at radius 1 is 1.25 bits per heavy atom. The lowest BCUT2D eigenvalue weighted by molar-refractivity contribution is -0.151. The normalized spacial score (nSPS) is 34.9. The van der Waals surface area contributed by atoms with Gasteiger partial charge in [-0.3, -0.25) is 4.79 Å². The van der Waals surface area contributed by atoms with E-state index in [4.69, 9.17) is 15.2 Å². The van der Waals surface area contributed by atoms with E-state index >= 15 is 0 Å². The lowest BCUT2D eigenvalue weighted by Crippen LogP contribution is -2.27. The molecule has 1 saturated heterocycles. The van der Waals surface area contributed by atoms with E-state index in [1.54, 1.807) is 0 Å². The number of ether oxygens (including phenoxy) is 2. The van der Waals surface area contributed by atoms with Gasteiger partial charge in [0.15, 0.2) is 5.79 Å². The summed E-state index contributed by atoms with van der Waals surface area (Å²) in [5.41, 5.74) is 5.44. The third-order valence-corrected chi connectivity index (χ3v) is 4.20. The molecule has 0 aromatic rings. The molecule has 1 heterocycles. The van der Waals surface area contributed by atoms with Crippen LogP contribution in [0.5, 0.6) is 0 Å². The van der Waals surface area contributed by atoms with Gasteiger partial charge in [-0.1, -0.05) is 13.8 Å². The molecular weight excluding hydrogens is 206 g/mol. The molecule has 0 spiro atoms. The highest BCUT2D eigenvalue weighted by Crippen LogP contribution is 2.63. The zero-order valence-electron chi connectivity index (χ0n) is 10.3. The summed E-state index contributed by atoms with van der Waals surface area (Å²) in [5, 5.41) is 0. The Balaban J connectivity index is 1.93. The van der Waals surface area contributed by atoms with Gasteiger partial charge in [0.1, 0.15) is 0 Å². The Morgan fingerprint density at radius 2 is 1.81 bits per heavy atom. The number of carbonyl (C=O) groups is 1. The monoisotopic (exact) mass is 227 g/mol. The highest BCUT2D eigenvalue weighted by molar-refractivity contribution is 5.74. The Bertz CT molecular complexity index is 295. The number of hydrogen-bond donors (Lipinski definition) is 1. The molecule has 0 aromatic heterocycles. The summed E-state index contributed by atoms with van der Waals surface area (Å²) < 4.78 is 11.2. The summed E-state index contributed by atoms with van der Waals surface area (Å²) in [7, 11) is 0. The molecule has 0 bridgehead atoms. The highest BCUT2D eigenvalue weighted by Gasteiger charge is 2.59. The van der Waals surface area contributed by atoms with E-state index in [1.165, 1.54) is 0 Å². The molecule has 16 heavy (non-hydrogen) atoms. The van der Waals surface area contributed by atoms with Crippen molar-refractivity contribution in [3.8, 4) is 0 Å². The van der Waals surface area contributed by atoms with Crippen molar-refractivity contribution < 1.29 is 14.3 Å². The number of nitrogens with two attached hydrogens (primary N) is 1. The number of rotatable bonds is 4. The molecule has 0 radical (unpaired) electrons. The SMILES string of the molecule is CC1(C[C@H]2[C@@H](CC(N)=O)C2(C)C)OCCO1. The third-order valence-electron chi connectivity index (χ3n) is 4.20. The van der Waals surface area contributed by atoms with Gasteiger partial charge in [0, 0.05) is 12.8 Å². The van der Waals surface area contributed by atoms with E-state index in [2.05, 4.69) is 13.8 Å². The van der Waals surface area contributed by atoms with Crippen molar-refractivity contribution in [2.75, 3.05) is 13.2 Å². The predicted molar refractivity (Wildman–Crippen MR) is 59.5 cm³/mol. The molecule has 4 heteroatoms. The zero-order valence-corrected chi connectivity index (χ0v) is 10.3. The van der Waals surface area contributed by atoms with Crippen molar-refractivity contribution >= 4 is 5.91 Å². The van der Waals surface area contributed by atoms with Crippen LogP contribution in [0.15, 0.2) is 0 Å². The molecule has 2 aliphatic rings. The molecule has 1 amide bonds. The van der Waals surface area contributed by atoms with Crippen LogP contribution < -0.4 is 5.73 Å². The Labute approximate surface area is 96.5 Å². The zero-order chi connectivity index (χ0) is 12.0. The summed E-state index contributed by atoms with van der Waals surface area (Å²) >= 11 is 0. The molecule has 1 aliphatic heterocycles. The molecule has 2 rings (SSSR count). The average molecular weight is 227 g/mol. The van der Waals surface area contributed by atoms with E-state index in [0.29, 0.717) is 31.5 Å². The van der Waals surface area contributed by atoms with Crippen LogP contribution in [0.25, 0.3) is 0 Å². The first kappa shape index (κ1) is 11.9. The number of hydrogen-bond acceptors (Lipinski definition) is 3. The van der Waals surface area contributed by atoms with Gasteiger partial charge in [-0.15, -0.1) is 0 Å². The van der Waals surface area contributed by atoms with Gasteiger partial charge >= 0.3 is 0 Å². The largest absolute Gasteiger partial charge is 0.370 e. The molecule has 2 fully saturated rings. The van der Waals surface area contributed by atoms with Crippen molar-refractivity contribution in [2.24, 2.45) is 23.0 Å². The van der Waals surface area contributed by atoms with E-state index in [-0.39, 0.29) is 11.3 Å². The van der Waals surface area contributed by atoms with Gasteiger partial charge in [-0.2, -0.15) is 0 Å². The Kier molecular flexibility index (Phi) is 2.75. The van der Waals surface area contributed by atoms with Crippen LogP contribution in [0.1, 0.15) is 33.6 Å². The molecule has 1 aliphatic carbocycles. The van der Waals surface area contributed by atoms with Crippen LogP contribution in [0, 0.1) is 17.3 Å². The maximum Gasteiger partial charge on any atom is 0.217 e. The van der Waals surface area contributed by atoms with Gasteiger partial charge < -0.3 is 15.2 Å². The first-order valence-corrected chi connectivity index (χ1v) is 5.91. The molecule has 4 nitrogen and oxygen atoms in total. The third kappa shape index (κ3) is 2.09. The topological polar surface area (TPSA) is 61.6 Å². The minimum absolute atomic E-state index is 0.188. The van der Waals surface area contributed by atoms with Gasteiger partial charge in [-0.25, -0.2) is 0 Å². The fraction of sp³-hybridized carbons (Fsp3) is 0.917. The second-order valence-electron chi connectivity index (χ2n) is 5.74. The maximum absolute atomic E-state index is 11.0. The molecule has 0 unspecified atom stereocenters. The van der Waals surface area contributed by atoms with Crippen LogP contribution in [0.2, 0.25) is 0 Å². The minimum atomic E-state index is -0.450. The smallest absolute Gasteiger partial charge is 0.217 e. The van der Waals surface area contributed by atoms with E-state index in [1.807, 2.05) is 6.92 Å². The van der Waals surface area contributed by atoms with Gasteiger partial charge in [0.2, 0.25) is 5.91 Å². The lowest BCUT2D eigenvalue weighted by atomic mass is 10.0. The minimum Gasteiger partial charge on any atom is -0.370 e. The van der Waals surface area contributed by atoms with Crippen LogP contribution in [-0.4, -0.2) is 24.9 Å². The fourth-order valence-electron chi connectivity index (χ4n) is 2.96. The van der Waals surface area contributed by atoms with E-state index < -0.39 is 5.79 Å². The summed E-state index contributed by atoms with van der Waals surface area (Å²) in [4.78, 5) is 11.0. The second-order valence-corrected chi connectivity index (χ2v) is 5.74. The molecular formula is C12H21NO3. The van der Waals surface area contributed by atoms with Crippen LogP contribution in [-0.2, 0) is 14.3 Å². The van der Waals surface area contributed by atoms with Crippen molar-refractivity contribution in [1.29, 1.82) is 0 Å². The van der Waals surface area contributed by atoms with Crippen molar-refractivity contribution in [3.63, 3.8) is 0 Å². The van der Waals surface area contributed by atoms with E-state index in [0.717, 1.165) is 6.42 Å². The summed E-state index contributed by atoms with van der Waals surface area (Å²) in [6.07, 6.45) is 1.34. The second kappa shape index (κ2) is 3.70. The summed E-state index contributed by atoms with van der Waals surface area (Å²) in [6.45, 7) is 7.69. The number of amides is 1. The molecule has 1 saturated carbocycles. The van der Waals surface area contributed by atoms with Crippen LogP contribution in [0.3, 0.4) is 0 Å². The van der Waals surface area contributed by atoms with E-state index in [9.17, 15) is 4.79 Å². The van der Waals surface area contributed by atoms with Crippen LogP contribution >= 0.6 is 0 Å². The average Bonchev–Trinajstić information content (AvgIpc) is 2.56. The predicted octanol–water partition coefficient (Wildman–Crippen LogP) is 1.29. The summed E-state index contributed by atoms with van der Waals surface area (Å²) in [6, 6.07) is 0. The van der Waals surface area contributed by atoms with Gasteiger partial charge in [0.25, 0.3) is 0 Å². The Hall–Kier alpha value is -0.610.